The number of hydrogen-bond donors (Lipinski definition) is 0. The Morgan fingerprint density at radius 1 is 1.18 bits per heavy atom. The molecule has 1 aromatic carbocycles. The first-order valence-electron chi connectivity index (χ1n) is 8.38. The van der Waals surface area contributed by atoms with Crippen molar-refractivity contribution < 1.29 is 0 Å². The summed E-state index contributed by atoms with van der Waals surface area (Å²) in [5.74, 6) is 0.576. The van der Waals surface area contributed by atoms with E-state index in [0.29, 0.717) is 5.92 Å². The Morgan fingerprint density at radius 3 is 2.32 bits per heavy atom. The van der Waals surface area contributed by atoms with Crippen LogP contribution < -0.4 is 0 Å². The normalized spacial score (nSPS) is 13.4. The molecule has 0 aromatic heterocycles. The van der Waals surface area contributed by atoms with Gasteiger partial charge in [-0.3, -0.25) is 0 Å². The quantitative estimate of drug-likeness (QED) is 0.500. The maximum atomic E-state index is 4.02. The van der Waals surface area contributed by atoms with Crippen molar-refractivity contribution in [2.75, 3.05) is 0 Å². The van der Waals surface area contributed by atoms with E-state index in [1.54, 1.807) is 0 Å². The van der Waals surface area contributed by atoms with Crippen LogP contribution in [0.1, 0.15) is 70.6 Å². The molecule has 22 heavy (non-hydrogen) atoms. The van der Waals surface area contributed by atoms with Gasteiger partial charge >= 0.3 is 0 Å². The first-order chi connectivity index (χ1) is 10.3. The molecule has 0 saturated carbocycles. The highest BCUT2D eigenvalue weighted by Crippen LogP contribution is 2.26. The maximum Gasteiger partial charge on any atom is -0.00236 e. The second-order valence-corrected chi connectivity index (χ2v) is 6.81. The fourth-order valence-corrected chi connectivity index (χ4v) is 2.92. The van der Waals surface area contributed by atoms with Gasteiger partial charge in [-0.05, 0) is 74.3 Å². The van der Waals surface area contributed by atoms with E-state index in [-0.39, 0.29) is 0 Å². The van der Waals surface area contributed by atoms with Crippen LogP contribution in [0.2, 0.25) is 0 Å². The van der Waals surface area contributed by atoms with Crippen LogP contribution in [-0.2, 0) is 6.42 Å². The smallest absolute Gasteiger partial charge is 0.00236 e. The van der Waals surface area contributed by atoms with Gasteiger partial charge in [-0.2, -0.15) is 0 Å². The molecule has 0 bridgehead atoms. The molecule has 0 saturated heterocycles. The van der Waals surface area contributed by atoms with Gasteiger partial charge in [0.25, 0.3) is 0 Å². The summed E-state index contributed by atoms with van der Waals surface area (Å²) < 4.78 is 0. The summed E-state index contributed by atoms with van der Waals surface area (Å²) in [5, 5.41) is 0. The van der Waals surface area contributed by atoms with Crippen LogP contribution >= 0.6 is 0 Å². The molecule has 0 heteroatoms. The first-order valence-corrected chi connectivity index (χ1v) is 8.38. The van der Waals surface area contributed by atoms with E-state index in [0.717, 1.165) is 18.4 Å². The predicted octanol–water partition coefficient (Wildman–Crippen LogP) is 6.91. The van der Waals surface area contributed by atoms with Crippen molar-refractivity contribution in [1.29, 1.82) is 0 Å². The minimum atomic E-state index is 0.576. The van der Waals surface area contributed by atoms with Crippen molar-refractivity contribution >= 4 is 0 Å². The molecule has 0 nitrogen and oxygen atoms in total. The predicted molar refractivity (Wildman–Crippen MR) is 101 cm³/mol. The molecule has 1 rings (SSSR count). The van der Waals surface area contributed by atoms with E-state index in [9.17, 15) is 0 Å². The van der Waals surface area contributed by atoms with Crippen molar-refractivity contribution in [2.45, 2.75) is 67.2 Å². The summed E-state index contributed by atoms with van der Waals surface area (Å²) in [4.78, 5) is 0. The summed E-state index contributed by atoms with van der Waals surface area (Å²) in [5.41, 5.74) is 9.67. The van der Waals surface area contributed by atoms with Gasteiger partial charge in [0.1, 0.15) is 0 Å². The average molecular weight is 296 g/mol. The summed E-state index contributed by atoms with van der Waals surface area (Å²) in [6.07, 6.45) is 4.31. The van der Waals surface area contributed by atoms with Crippen molar-refractivity contribution in [3.8, 4) is 0 Å². The molecule has 0 spiro atoms. The fourth-order valence-electron chi connectivity index (χ4n) is 2.92. The van der Waals surface area contributed by atoms with Crippen molar-refractivity contribution in [3.63, 3.8) is 0 Å². The molecule has 0 unspecified atom stereocenters. The second-order valence-electron chi connectivity index (χ2n) is 6.81. The zero-order chi connectivity index (χ0) is 16.9. The Labute approximate surface area is 137 Å². The Bertz CT molecular complexity index is 594. The van der Waals surface area contributed by atoms with Gasteiger partial charge in [-0.1, -0.05) is 62.8 Å². The van der Waals surface area contributed by atoms with Gasteiger partial charge in [0, 0.05) is 0 Å². The fraction of sp³-hybridized carbons (Fsp3) is 0.455. The van der Waals surface area contributed by atoms with Crippen LogP contribution in [0.4, 0.5) is 0 Å². The maximum absolute atomic E-state index is 4.02. The van der Waals surface area contributed by atoms with Crippen LogP contribution in [0.5, 0.6) is 0 Å². The van der Waals surface area contributed by atoms with Crippen LogP contribution in [-0.4, -0.2) is 0 Å². The number of allylic oxidation sites excluding steroid dienone is 5. The highest BCUT2D eigenvalue weighted by Gasteiger charge is 2.09. The molecule has 120 valence electrons. The Hall–Kier alpha value is -1.56. The molecule has 0 aliphatic carbocycles. The third kappa shape index (κ3) is 5.02. The van der Waals surface area contributed by atoms with Gasteiger partial charge < -0.3 is 0 Å². The number of rotatable bonds is 6. The third-order valence-corrected chi connectivity index (χ3v) is 4.33. The van der Waals surface area contributed by atoms with Crippen molar-refractivity contribution in [1.82, 2.24) is 0 Å². The molecular formula is C22H32. The summed E-state index contributed by atoms with van der Waals surface area (Å²) in [6, 6.07) is 6.93. The molecule has 0 aliphatic rings. The van der Waals surface area contributed by atoms with Crippen LogP contribution in [0.25, 0.3) is 0 Å². The SMILES string of the molecule is C=C(C)C=C(C)C(Cc1ccc(C)c(C(C)C)c1)=C(C)CC. The van der Waals surface area contributed by atoms with Crippen molar-refractivity contribution in [2.24, 2.45) is 0 Å². The zero-order valence-corrected chi connectivity index (χ0v) is 15.5. The van der Waals surface area contributed by atoms with E-state index < -0.39 is 0 Å². The summed E-state index contributed by atoms with van der Waals surface area (Å²) in [6.45, 7) is 19.5. The lowest BCUT2D eigenvalue weighted by Crippen LogP contribution is -2.00. The number of benzene rings is 1. The summed E-state index contributed by atoms with van der Waals surface area (Å²) in [7, 11) is 0. The van der Waals surface area contributed by atoms with Gasteiger partial charge in [0.2, 0.25) is 0 Å². The molecule has 0 heterocycles. The topological polar surface area (TPSA) is 0 Å². The van der Waals surface area contributed by atoms with Gasteiger partial charge in [0.15, 0.2) is 0 Å². The molecule has 0 atom stereocenters. The van der Waals surface area contributed by atoms with Gasteiger partial charge in [-0.15, -0.1) is 0 Å². The second kappa shape index (κ2) is 8.17. The van der Waals surface area contributed by atoms with Crippen LogP contribution in [0, 0.1) is 6.92 Å². The minimum Gasteiger partial charge on any atom is -0.0961 e. The summed E-state index contributed by atoms with van der Waals surface area (Å²) >= 11 is 0. The standard InChI is InChI=1S/C22H32/c1-9-17(6)22(19(8)12-15(2)3)14-20-11-10-18(7)21(13-20)16(4)5/h10-13,16H,2,9,14H2,1,3-8H3. The van der Waals surface area contributed by atoms with E-state index in [4.69, 9.17) is 0 Å². The lowest BCUT2D eigenvalue weighted by atomic mass is 9.89. The molecule has 1 aromatic rings. The molecular weight excluding hydrogens is 264 g/mol. The van der Waals surface area contributed by atoms with Crippen LogP contribution in [0.15, 0.2) is 53.1 Å². The highest BCUT2D eigenvalue weighted by molar-refractivity contribution is 5.43. The van der Waals surface area contributed by atoms with E-state index in [2.05, 4.69) is 79.3 Å². The minimum absolute atomic E-state index is 0.576. The van der Waals surface area contributed by atoms with Gasteiger partial charge in [-0.25, -0.2) is 0 Å². The van der Waals surface area contributed by atoms with E-state index in [1.165, 1.54) is 33.4 Å². The Balaban J connectivity index is 3.22. The molecule has 0 amide bonds. The first kappa shape index (κ1) is 18.5. The highest BCUT2D eigenvalue weighted by atomic mass is 14.1. The van der Waals surface area contributed by atoms with E-state index >= 15 is 0 Å². The average Bonchev–Trinajstić information content (AvgIpc) is 2.44. The van der Waals surface area contributed by atoms with E-state index in [1.807, 2.05) is 0 Å². The Morgan fingerprint density at radius 2 is 1.82 bits per heavy atom. The third-order valence-electron chi connectivity index (χ3n) is 4.33. The van der Waals surface area contributed by atoms with Crippen LogP contribution in [0.3, 0.4) is 0 Å². The number of aryl methyl sites for hydroxylation is 1. The molecule has 0 radical (unpaired) electrons. The molecule has 0 N–H and O–H groups in total. The Kier molecular flexibility index (Phi) is 6.87. The lowest BCUT2D eigenvalue weighted by Gasteiger charge is -2.16. The van der Waals surface area contributed by atoms with Gasteiger partial charge in [0.05, 0.1) is 0 Å². The number of hydrogen-bond acceptors (Lipinski definition) is 0. The monoisotopic (exact) mass is 296 g/mol. The zero-order valence-electron chi connectivity index (χ0n) is 15.5. The lowest BCUT2D eigenvalue weighted by molar-refractivity contribution is 0.852. The van der Waals surface area contributed by atoms with Crippen molar-refractivity contribution in [3.05, 3.63) is 69.8 Å². The molecule has 0 aliphatic heterocycles. The molecule has 0 fully saturated rings. The largest absolute Gasteiger partial charge is 0.0961 e.